The number of rotatable bonds is 4. The highest BCUT2D eigenvalue weighted by atomic mass is 16.5. The number of carbonyl (C=O) groups excluding carboxylic acids is 1. The summed E-state index contributed by atoms with van der Waals surface area (Å²) in [6.07, 6.45) is 2.04. The minimum atomic E-state index is -0.402. The van der Waals surface area contributed by atoms with Gasteiger partial charge in [-0.25, -0.2) is 0 Å². The zero-order valence-corrected chi connectivity index (χ0v) is 12.6. The molecule has 0 aromatic rings. The van der Waals surface area contributed by atoms with Gasteiger partial charge in [0.25, 0.3) is 0 Å². The third kappa shape index (κ3) is 2.93. The molecule has 110 valence electrons. The summed E-state index contributed by atoms with van der Waals surface area (Å²) in [6.45, 7) is 9.53. The van der Waals surface area contributed by atoms with Gasteiger partial charge in [-0.2, -0.15) is 0 Å². The maximum absolute atomic E-state index is 12.6. The van der Waals surface area contributed by atoms with Crippen LogP contribution in [-0.4, -0.2) is 66.8 Å². The van der Waals surface area contributed by atoms with Crippen molar-refractivity contribution in [1.82, 2.24) is 15.1 Å². The number of nitrogens with one attached hydrogen (secondary N) is 1. The van der Waals surface area contributed by atoms with Gasteiger partial charge in [-0.1, -0.05) is 13.8 Å². The molecule has 0 saturated carbocycles. The van der Waals surface area contributed by atoms with Crippen molar-refractivity contribution in [2.24, 2.45) is 0 Å². The smallest absolute Gasteiger partial charge is 0.243 e. The molecule has 0 aromatic heterocycles. The Kier molecular flexibility index (Phi) is 4.48. The molecule has 2 saturated heterocycles. The Labute approximate surface area is 116 Å². The number of ether oxygens (including phenoxy) is 1. The number of hydrogen-bond donors (Lipinski definition) is 1. The van der Waals surface area contributed by atoms with Gasteiger partial charge in [0.15, 0.2) is 0 Å². The van der Waals surface area contributed by atoms with Crippen molar-refractivity contribution < 1.29 is 9.53 Å². The number of nitrogens with zero attached hydrogens (tertiary/aromatic N) is 2. The molecule has 19 heavy (non-hydrogen) atoms. The summed E-state index contributed by atoms with van der Waals surface area (Å²) >= 11 is 0. The van der Waals surface area contributed by atoms with Gasteiger partial charge in [-0.15, -0.1) is 0 Å². The van der Waals surface area contributed by atoms with Crippen molar-refractivity contribution in [1.29, 1.82) is 0 Å². The van der Waals surface area contributed by atoms with Crippen molar-refractivity contribution in [3.05, 3.63) is 0 Å². The first kappa shape index (κ1) is 14.8. The van der Waals surface area contributed by atoms with Crippen LogP contribution in [0.15, 0.2) is 0 Å². The van der Waals surface area contributed by atoms with E-state index in [-0.39, 0.29) is 18.2 Å². The Bertz CT molecular complexity index is 337. The van der Waals surface area contributed by atoms with Gasteiger partial charge in [0.05, 0.1) is 24.4 Å². The van der Waals surface area contributed by atoms with Crippen molar-refractivity contribution >= 4 is 5.91 Å². The fourth-order valence-electron chi connectivity index (χ4n) is 2.95. The topological polar surface area (TPSA) is 44.8 Å². The lowest BCUT2D eigenvalue weighted by Gasteiger charge is -2.34. The van der Waals surface area contributed by atoms with E-state index in [4.69, 9.17) is 4.74 Å². The molecule has 0 bridgehead atoms. The molecule has 5 heteroatoms. The van der Waals surface area contributed by atoms with Crippen LogP contribution in [0.2, 0.25) is 0 Å². The quantitative estimate of drug-likeness (QED) is 0.814. The third-order valence-electron chi connectivity index (χ3n) is 4.43. The van der Waals surface area contributed by atoms with Gasteiger partial charge >= 0.3 is 0 Å². The molecule has 2 aliphatic rings. The van der Waals surface area contributed by atoms with Crippen LogP contribution in [0, 0.1) is 0 Å². The molecule has 2 aliphatic heterocycles. The molecular weight excluding hydrogens is 242 g/mol. The van der Waals surface area contributed by atoms with Gasteiger partial charge in [0.2, 0.25) is 5.91 Å². The van der Waals surface area contributed by atoms with E-state index in [1.165, 1.54) is 0 Å². The van der Waals surface area contributed by atoms with Crippen LogP contribution in [-0.2, 0) is 9.53 Å². The standard InChI is InChI=1S/C14H27N3O2/c1-5-12-15-14(3,6-2)13(18)17(12)10-11-9-16(4)7-8-19-11/h11-12,15H,5-10H2,1-4H3. The van der Waals surface area contributed by atoms with Gasteiger partial charge < -0.3 is 14.5 Å². The van der Waals surface area contributed by atoms with Crippen LogP contribution in [0.5, 0.6) is 0 Å². The molecule has 2 fully saturated rings. The van der Waals surface area contributed by atoms with Crippen molar-refractivity contribution in [2.75, 3.05) is 33.3 Å². The summed E-state index contributed by atoms with van der Waals surface area (Å²) in [5.41, 5.74) is -0.402. The summed E-state index contributed by atoms with van der Waals surface area (Å²) in [5, 5.41) is 3.47. The van der Waals surface area contributed by atoms with E-state index >= 15 is 0 Å². The fraction of sp³-hybridized carbons (Fsp3) is 0.929. The summed E-state index contributed by atoms with van der Waals surface area (Å²) in [5.74, 6) is 0.221. The number of likely N-dealkylation sites (N-methyl/N-ethyl adjacent to an activating group) is 1. The van der Waals surface area contributed by atoms with Crippen LogP contribution in [0.3, 0.4) is 0 Å². The summed E-state index contributed by atoms with van der Waals surface area (Å²) in [4.78, 5) is 16.8. The normalized spacial score (nSPS) is 37.1. The molecule has 0 radical (unpaired) electrons. The van der Waals surface area contributed by atoms with Gasteiger partial charge in [0, 0.05) is 19.6 Å². The molecule has 0 aromatic carbocycles. The average Bonchev–Trinajstić information content (AvgIpc) is 2.64. The molecule has 1 N–H and O–H groups in total. The second kappa shape index (κ2) is 5.77. The molecule has 3 unspecified atom stereocenters. The monoisotopic (exact) mass is 269 g/mol. The average molecular weight is 269 g/mol. The Morgan fingerprint density at radius 1 is 1.47 bits per heavy atom. The highest BCUT2D eigenvalue weighted by molar-refractivity contribution is 5.88. The van der Waals surface area contributed by atoms with E-state index < -0.39 is 5.54 Å². The van der Waals surface area contributed by atoms with E-state index in [9.17, 15) is 4.79 Å². The van der Waals surface area contributed by atoms with E-state index in [0.29, 0.717) is 6.54 Å². The number of hydrogen-bond acceptors (Lipinski definition) is 4. The van der Waals surface area contributed by atoms with Crippen LogP contribution in [0.4, 0.5) is 0 Å². The van der Waals surface area contributed by atoms with E-state index in [1.54, 1.807) is 0 Å². The lowest BCUT2D eigenvalue weighted by Crippen LogP contribution is -2.49. The fourth-order valence-corrected chi connectivity index (χ4v) is 2.95. The molecule has 1 amide bonds. The zero-order chi connectivity index (χ0) is 14.0. The molecule has 0 spiro atoms. The first-order chi connectivity index (χ1) is 9.00. The Morgan fingerprint density at radius 2 is 2.21 bits per heavy atom. The van der Waals surface area contributed by atoms with Crippen LogP contribution in [0.1, 0.15) is 33.6 Å². The molecule has 2 heterocycles. The minimum absolute atomic E-state index is 0.137. The van der Waals surface area contributed by atoms with Crippen molar-refractivity contribution in [2.45, 2.75) is 51.4 Å². The zero-order valence-electron chi connectivity index (χ0n) is 12.6. The maximum atomic E-state index is 12.6. The first-order valence-electron chi connectivity index (χ1n) is 7.39. The lowest BCUT2D eigenvalue weighted by molar-refractivity contribution is -0.136. The van der Waals surface area contributed by atoms with E-state index in [2.05, 4.69) is 31.1 Å². The third-order valence-corrected chi connectivity index (χ3v) is 4.43. The second-order valence-electron chi connectivity index (χ2n) is 5.97. The summed E-state index contributed by atoms with van der Waals surface area (Å²) < 4.78 is 5.79. The van der Waals surface area contributed by atoms with E-state index in [0.717, 1.165) is 32.5 Å². The van der Waals surface area contributed by atoms with Crippen molar-refractivity contribution in [3.8, 4) is 0 Å². The summed E-state index contributed by atoms with van der Waals surface area (Å²) in [6, 6.07) is 0. The molecule has 3 atom stereocenters. The van der Waals surface area contributed by atoms with Gasteiger partial charge in [-0.3, -0.25) is 10.1 Å². The highest BCUT2D eigenvalue weighted by Gasteiger charge is 2.46. The first-order valence-corrected chi connectivity index (χ1v) is 7.39. The Hall–Kier alpha value is -0.650. The highest BCUT2D eigenvalue weighted by Crippen LogP contribution is 2.25. The largest absolute Gasteiger partial charge is 0.374 e. The van der Waals surface area contributed by atoms with Gasteiger partial charge in [-0.05, 0) is 26.8 Å². The van der Waals surface area contributed by atoms with Crippen molar-refractivity contribution in [3.63, 3.8) is 0 Å². The Morgan fingerprint density at radius 3 is 2.79 bits per heavy atom. The number of amides is 1. The second-order valence-corrected chi connectivity index (χ2v) is 5.97. The predicted octanol–water partition coefficient (Wildman–Crippen LogP) is 0.654. The molecule has 5 nitrogen and oxygen atoms in total. The lowest BCUT2D eigenvalue weighted by atomic mass is 9.99. The summed E-state index contributed by atoms with van der Waals surface area (Å²) in [7, 11) is 2.10. The Balaban J connectivity index is 2.03. The number of carbonyl (C=O) groups is 1. The van der Waals surface area contributed by atoms with Crippen LogP contribution >= 0.6 is 0 Å². The van der Waals surface area contributed by atoms with Gasteiger partial charge in [0.1, 0.15) is 0 Å². The van der Waals surface area contributed by atoms with Crippen LogP contribution in [0.25, 0.3) is 0 Å². The number of morpholine rings is 1. The SMILES string of the molecule is CCC1NC(C)(CC)C(=O)N1CC1CN(C)CCO1. The molecule has 0 aliphatic carbocycles. The molecular formula is C14H27N3O2. The van der Waals surface area contributed by atoms with E-state index in [1.807, 2.05) is 11.8 Å². The molecule has 2 rings (SSSR count). The minimum Gasteiger partial charge on any atom is -0.374 e. The van der Waals surface area contributed by atoms with Crippen LogP contribution < -0.4 is 5.32 Å². The predicted molar refractivity (Wildman–Crippen MR) is 74.9 cm³/mol. The maximum Gasteiger partial charge on any atom is 0.243 e.